The molecule has 2 atom stereocenters. The fourth-order valence-electron chi connectivity index (χ4n) is 2.86. The molecule has 1 aromatic heterocycles. The van der Waals surface area contributed by atoms with Gasteiger partial charge in [0.05, 0.1) is 0 Å². The van der Waals surface area contributed by atoms with E-state index in [1.54, 1.807) is 0 Å². The minimum absolute atomic E-state index is 0.191. The summed E-state index contributed by atoms with van der Waals surface area (Å²) in [6.45, 7) is 2.37. The van der Waals surface area contributed by atoms with E-state index in [4.69, 9.17) is 0 Å². The van der Waals surface area contributed by atoms with E-state index < -0.39 is 21.9 Å². The van der Waals surface area contributed by atoms with Gasteiger partial charge in [-0.05, 0) is 37.1 Å². The van der Waals surface area contributed by atoms with E-state index in [2.05, 4.69) is 10.3 Å². The molecule has 3 heterocycles. The Kier molecular flexibility index (Phi) is 3.45. The summed E-state index contributed by atoms with van der Waals surface area (Å²) in [6, 6.07) is 1.67. The zero-order valence-corrected chi connectivity index (χ0v) is 11.8. The highest BCUT2D eigenvalue weighted by Crippen LogP contribution is 2.32. The number of alkyl halides is 3. The molecule has 0 aliphatic carbocycles. The van der Waals surface area contributed by atoms with Crippen LogP contribution in [0, 0.1) is 11.8 Å². The topological polar surface area (TPSA) is 62.3 Å². The number of nitrogens with one attached hydrogen (secondary N) is 1. The Bertz CT molecular complexity index is 618. The van der Waals surface area contributed by atoms with Crippen molar-refractivity contribution in [1.29, 1.82) is 0 Å². The van der Waals surface area contributed by atoms with Crippen LogP contribution in [0.15, 0.2) is 23.2 Å². The Morgan fingerprint density at radius 1 is 1.19 bits per heavy atom. The van der Waals surface area contributed by atoms with Gasteiger partial charge in [0.15, 0.2) is 0 Å². The molecular formula is C12H14F3N3O2S. The minimum atomic E-state index is -4.57. The molecule has 0 unspecified atom stereocenters. The first-order valence-electron chi connectivity index (χ1n) is 6.52. The van der Waals surface area contributed by atoms with Crippen molar-refractivity contribution in [1.82, 2.24) is 14.6 Å². The Hall–Kier alpha value is -1.19. The maximum absolute atomic E-state index is 12.4. The lowest BCUT2D eigenvalue weighted by molar-refractivity contribution is -0.141. The molecule has 9 heteroatoms. The van der Waals surface area contributed by atoms with Gasteiger partial charge < -0.3 is 5.32 Å². The van der Waals surface area contributed by atoms with Gasteiger partial charge in [0.1, 0.15) is 10.6 Å². The van der Waals surface area contributed by atoms with E-state index in [0.717, 1.165) is 25.4 Å². The first-order valence-corrected chi connectivity index (χ1v) is 7.96. The van der Waals surface area contributed by atoms with Crippen molar-refractivity contribution in [3.05, 3.63) is 24.0 Å². The van der Waals surface area contributed by atoms with E-state index in [1.807, 2.05) is 0 Å². The van der Waals surface area contributed by atoms with Gasteiger partial charge >= 0.3 is 6.18 Å². The largest absolute Gasteiger partial charge is 0.433 e. The van der Waals surface area contributed by atoms with Crippen molar-refractivity contribution < 1.29 is 21.6 Å². The molecule has 2 aliphatic heterocycles. The molecule has 1 N–H and O–H groups in total. The van der Waals surface area contributed by atoms with Gasteiger partial charge in [0.25, 0.3) is 0 Å². The van der Waals surface area contributed by atoms with Gasteiger partial charge in [-0.1, -0.05) is 0 Å². The van der Waals surface area contributed by atoms with E-state index in [-0.39, 0.29) is 16.7 Å². The van der Waals surface area contributed by atoms with Gasteiger partial charge in [-0.25, -0.2) is 8.42 Å². The number of halogens is 3. The molecule has 0 spiro atoms. The third-order valence-electron chi connectivity index (χ3n) is 4.02. The van der Waals surface area contributed by atoms with Crippen molar-refractivity contribution in [2.75, 3.05) is 26.2 Å². The second-order valence-electron chi connectivity index (χ2n) is 5.38. The van der Waals surface area contributed by atoms with Gasteiger partial charge in [-0.15, -0.1) is 0 Å². The molecule has 2 saturated heterocycles. The molecule has 2 fully saturated rings. The maximum atomic E-state index is 12.4. The first kappa shape index (κ1) is 14.7. The van der Waals surface area contributed by atoms with Crippen LogP contribution in [0.4, 0.5) is 13.2 Å². The fourth-order valence-corrected chi connectivity index (χ4v) is 4.36. The summed E-state index contributed by atoms with van der Waals surface area (Å²) in [7, 11) is -3.77. The van der Waals surface area contributed by atoms with Crippen molar-refractivity contribution in [3.63, 3.8) is 0 Å². The smallest absolute Gasteiger partial charge is 0.316 e. The summed E-state index contributed by atoms with van der Waals surface area (Å²) in [5.74, 6) is 0.560. The molecule has 0 aromatic carbocycles. The van der Waals surface area contributed by atoms with Crippen LogP contribution in [-0.2, 0) is 16.2 Å². The van der Waals surface area contributed by atoms with Gasteiger partial charge in [0.2, 0.25) is 10.0 Å². The Morgan fingerprint density at radius 3 is 2.29 bits per heavy atom. The number of nitrogens with zero attached hydrogens (tertiary/aromatic N) is 2. The van der Waals surface area contributed by atoms with Gasteiger partial charge in [0, 0.05) is 19.3 Å². The zero-order chi connectivity index (χ0) is 15.3. The van der Waals surface area contributed by atoms with Gasteiger partial charge in [-0.2, -0.15) is 17.5 Å². The number of rotatable bonds is 2. The average Bonchev–Trinajstić information content (AvgIpc) is 2.98. The number of pyridine rings is 1. The van der Waals surface area contributed by atoms with Crippen LogP contribution in [0.2, 0.25) is 0 Å². The molecule has 0 saturated carbocycles. The molecule has 0 radical (unpaired) electrons. The van der Waals surface area contributed by atoms with Crippen LogP contribution in [0.25, 0.3) is 0 Å². The second kappa shape index (κ2) is 4.92. The average molecular weight is 321 g/mol. The highest BCUT2D eigenvalue weighted by Gasteiger charge is 2.42. The number of fused-ring (bicyclic) bond motifs is 1. The third-order valence-corrected chi connectivity index (χ3v) is 5.84. The fraction of sp³-hybridized carbons (Fsp3) is 0.583. The summed E-state index contributed by atoms with van der Waals surface area (Å²) in [6.07, 6.45) is -3.79. The quantitative estimate of drug-likeness (QED) is 0.881. The normalized spacial score (nSPS) is 27.0. The summed E-state index contributed by atoms with van der Waals surface area (Å²) in [5, 5.41) is 3.20. The number of aromatic nitrogens is 1. The molecule has 0 bridgehead atoms. The summed E-state index contributed by atoms with van der Waals surface area (Å²) >= 11 is 0. The van der Waals surface area contributed by atoms with Crippen molar-refractivity contribution in [2.45, 2.75) is 11.1 Å². The van der Waals surface area contributed by atoms with Crippen molar-refractivity contribution >= 4 is 10.0 Å². The second-order valence-corrected chi connectivity index (χ2v) is 7.32. The Morgan fingerprint density at radius 2 is 1.81 bits per heavy atom. The van der Waals surface area contributed by atoms with E-state index in [0.29, 0.717) is 19.2 Å². The van der Waals surface area contributed by atoms with Crippen LogP contribution in [0.1, 0.15) is 5.69 Å². The van der Waals surface area contributed by atoms with Crippen molar-refractivity contribution in [3.8, 4) is 0 Å². The molecule has 21 heavy (non-hydrogen) atoms. The number of hydrogen-bond donors (Lipinski definition) is 1. The molecule has 3 rings (SSSR count). The van der Waals surface area contributed by atoms with Crippen molar-refractivity contribution in [2.24, 2.45) is 11.8 Å². The molecule has 0 amide bonds. The summed E-state index contributed by atoms with van der Waals surface area (Å²) in [5.41, 5.74) is -1.09. The molecular weight excluding hydrogens is 307 g/mol. The lowest BCUT2D eigenvalue weighted by Gasteiger charge is -2.17. The standard InChI is InChI=1S/C12H14F3N3O2S/c13-12(14,15)11-2-1-10(5-17-11)21(19,20)18-6-8-3-16-4-9(8)7-18/h1-2,5,8-9,16H,3-4,6-7H2/t8-,9+. The van der Waals surface area contributed by atoms with Crippen LogP contribution in [-0.4, -0.2) is 43.9 Å². The first-order chi connectivity index (χ1) is 9.78. The number of sulfonamides is 1. The SMILES string of the molecule is O=S(=O)(c1ccc(C(F)(F)F)nc1)N1C[C@H]2CNC[C@H]2C1. The highest BCUT2D eigenvalue weighted by molar-refractivity contribution is 7.89. The Labute approximate surface area is 120 Å². The van der Waals surface area contributed by atoms with E-state index >= 15 is 0 Å². The van der Waals surface area contributed by atoms with E-state index in [1.165, 1.54) is 4.31 Å². The third kappa shape index (κ3) is 2.65. The predicted octanol–water partition coefficient (Wildman–Crippen LogP) is 0.940. The summed E-state index contributed by atoms with van der Waals surface area (Å²) < 4.78 is 63.5. The highest BCUT2D eigenvalue weighted by atomic mass is 32.2. The molecule has 1 aromatic rings. The lowest BCUT2D eigenvalue weighted by atomic mass is 10.0. The molecule has 5 nitrogen and oxygen atoms in total. The van der Waals surface area contributed by atoms with Crippen LogP contribution >= 0.6 is 0 Å². The maximum Gasteiger partial charge on any atom is 0.433 e. The summed E-state index contributed by atoms with van der Waals surface area (Å²) in [4.78, 5) is 3.03. The zero-order valence-electron chi connectivity index (χ0n) is 11.0. The minimum Gasteiger partial charge on any atom is -0.316 e. The number of hydrogen-bond acceptors (Lipinski definition) is 4. The predicted molar refractivity (Wildman–Crippen MR) is 67.8 cm³/mol. The monoisotopic (exact) mass is 321 g/mol. The Balaban J connectivity index is 1.82. The lowest BCUT2D eigenvalue weighted by Crippen LogP contribution is -2.32. The van der Waals surface area contributed by atoms with E-state index in [9.17, 15) is 21.6 Å². The molecule has 116 valence electrons. The molecule has 2 aliphatic rings. The van der Waals surface area contributed by atoms with Crippen LogP contribution in [0.5, 0.6) is 0 Å². The van der Waals surface area contributed by atoms with Crippen LogP contribution in [0.3, 0.4) is 0 Å². The van der Waals surface area contributed by atoms with Gasteiger partial charge in [-0.3, -0.25) is 4.98 Å². The van der Waals surface area contributed by atoms with Crippen LogP contribution < -0.4 is 5.32 Å².